The predicted molar refractivity (Wildman–Crippen MR) is 100 cm³/mol. The van der Waals surface area contributed by atoms with Gasteiger partial charge in [0.05, 0.1) is 0 Å². The summed E-state index contributed by atoms with van der Waals surface area (Å²) in [5.41, 5.74) is 1.56. The van der Waals surface area contributed by atoms with Gasteiger partial charge in [-0.15, -0.1) is 0 Å². The molecule has 1 unspecified atom stereocenters. The van der Waals surface area contributed by atoms with Crippen LogP contribution in [0, 0.1) is 0 Å². The molecule has 2 aliphatic heterocycles. The van der Waals surface area contributed by atoms with Gasteiger partial charge in [0.2, 0.25) is 0 Å². The van der Waals surface area contributed by atoms with Gasteiger partial charge in [-0.3, -0.25) is 0 Å². The average Bonchev–Trinajstić information content (AvgIpc) is 2.78. The second kappa shape index (κ2) is 9.17. The Morgan fingerprint density at radius 2 is 1.85 bits per heavy atom. The van der Waals surface area contributed by atoms with E-state index in [0.717, 1.165) is 9.50 Å². The van der Waals surface area contributed by atoms with E-state index in [2.05, 4.69) is 24.9 Å². The number of piperidine rings is 1. The molecule has 2 heterocycles. The van der Waals surface area contributed by atoms with Crippen molar-refractivity contribution in [3.05, 3.63) is 33.5 Å². The van der Waals surface area contributed by atoms with Gasteiger partial charge in [0.15, 0.2) is 0 Å². The molecule has 2 fully saturated rings. The molecule has 148 valence electrons. The molecular formula is C21H28IN2O3-. The molecule has 0 aromatic heterocycles. The second-order valence-electron chi connectivity index (χ2n) is 7.47. The Hall–Kier alpha value is -1.44. The van der Waals surface area contributed by atoms with Crippen LogP contribution >= 0.6 is 0 Å². The zero-order valence-electron chi connectivity index (χ0n) is 15.9. The number of nitrogens with one attached hydrogen (secondary N) is 1. The third kappa shape index (κ3) is 4.89. The van der Waals surface area contributed by atoms with E-state index in [9.17, 15) is 14.4 Å². The van der Waals surface area contributed by atoms with Crippen molar-refractivity contribution in [3.8, 4) is 0 Å². The van der Waals surface area contributed by atoms with E-state index in [1.54, 1.807) is 11.0 Å². The first-order valence-electron chi connectivity index (χ1n) is 9.81. The second-order valence-corrected chi connectivity index (χ2v) is 11.6. The summed E-state index contributed by atoms with van der Waals surface area (Å²) in [6.45, 7) is 6.42. The molecule has 6 heteroatoms. The number of amides is 3. The normalized spacial score (nSPS) is 25.8. The van der Waals surface area contributed by atoms with Crippen molar-refractivity contribution >= 4 is 17.7 Å². The molecule has 0 radical (unpaired) electrons. The number of hydrogen-bond acceptors (Lipinski definition) is 3. The number of alkyl halides is 1. The summed E-state index contributed by atoms with van der Waals surface area (Å²) in [6.07, 6.45) is 12.6. The van der Waals surface area contributed by atoms with E-state index in [1.165, 1.54) is 42.1 Å². The fourth-order valence-corrected chi connectivity index (χ4v) is 7.51. The zero-order valence-corrected chi connectivity index (χ0v) is 18.1. The van der Waals surface area contributed by atoms with Crippen LogP contribution < -0.4 is 26.5 Å². The molecule has 1 N–H and O–H groups in total. The quantitative estimate of drug-likeness (QED) is 0.256. The topological polar surface area (TPSA) is 66.5 Å². The van der Waals surface area contributed by atoms with E-state index in [-0.39, 0.29) is 45.3 Å². The molecule has 1 aliphatic carbocycles. The van der Waals surface area contributed by atoms with Gasteiger partial charge >= 0.3 is 172 Å². The van der Waals surface area contributed by atoms with Crippen molar-refractivity contribution in [3.63, 3.8) is 0 Å². The summed E-state index contributed by atoms with van der Waals surface area (Å²) in [7, 11) is 0. The van der Waals surface area contributed by atoms with Gasteiger partial charge in [0.25, 0.3) is 0 Å². The molecule has 0 spiro atoms. The number of carbonyl (C=O) groups is 3. The van der Waals surface area contributed by atoms with Gasteiger partial charge in [-0.1, -0.05) is 0 Å². The van der Waals surface area contributed by atoms with Crippen molar-refractivity contribution in [1.82, 2.24) is 10.2 Å². The van der Waals surface area contributed by atoms with Crippen LogP contribution in [0.4, 0.5) is 0 Å². The van der Waals surface area contributed by atoms with Gasteiger partial charge in [-0.05, 0) is 0 Å². The van der Waals surface area contributed by atoms with Crippen molar-refractivity contribution < 1.29 is 35.6 Å². The van der Waals surface area contributed by atoms with Crippen LogP contribution in [-0.2, 0) is 14.4 Å². The Labute approximate surface area is 171 Å². The Morgan fingerprint density at radius 1 is 1.15 bits per heavy atom. The molecule has 3 amide bonds. The van der Waals surface area contributed by atoms with Crippen LogP contribution in [0.5, 0.6) is 0 Å². The minimum atomic E-state index is -0.562. The van der Waals surface area contributed by atoms with Crippen LogP contribution in [0.1, 0.15) is 58.3 Å². The Bertz CT molecular complexity index is 702. The van der Waals surface area contributed by atoms with Crippen LogP contribution in [0.15, 0.2) is 33.5 Å². The standard InChI is InChI=1S/C21H28IN2O3/c1-3-17-15(12-14(2)22-16-8-6-4-5-7-9-16)13-24(21(17)27)18-10-11-19(25)23-20(18)26/h3,12,16,18H,1,4-11,13H2,2H3,(H,23,25,26)/q-1/b14-12+. The van der Waals surface area contributed by atoms with E-state index >= 15 is 0 Å². The molecule has 0 aromatic carbocycles. The maximum atomic E-state index is 12.8. The van der Waals surface area contributed by atoms with Crippen molar-refractivity contribution in [2.75, 3.05) is 6.54 Å². The van der Waals surface area contributed by atoms with Gasteiger partial charge in [-0.25, -0.2) is 0 Å². The third-order valence-corrected chi connectivity index (χ3v) is 8.87. The predicted octanol–water partition coefficient (Wildman–Crippen LogP) is -0.168. The summed E-state index contributed by atoms with van der Waals surface area (Å²) >= 11 is -0.0402. The zero-order chi connectivity index (χ0) is 19.4. The van der Waals surface area contributed by atoms with E-state index in [0.29, 0.717) is 18.5 Å². The van der Waals surface area contributed by atoms with E-state index in [1.807, 2.05) is 0 Å². The molecule has 0 bridgehead atoms. The SMILES string of the molecule is C=CC1=C(/C=C(\C)[I-]C2CCCCCC2)CN(C2CCC(=O)NC2=O)C1=O. The molecule has 0 aromatic rings. The van der Waals surface area contributed by atoms with Crippen LogP contribution in [-0.4, -0.2) is 39.1 Å². The number of halogens is 1. The number of allylic oxidation sites excluding steroid dienone is 1. The summed E-state index contributed by atoms with van der Waals surface area (Å²) in [6, 6.07) is -0.562. The molecule has 27 heavy (non-hydrogen) atoms. The number of nitrogens with zero attached hydrogens (tertiary/aromatic N) is 1. The number of rotatable bonds is 5. The molecule has 5 nitrogen and oxygen atoms in total. The first-order valence-corrected chi connectivity index (χ1v) is 12.1. The Balaban J connectivity index is 1.71. The molecular weight excluding hydrogens is 455 g/mol. The van der Waals surface area contributed by atoms with E-state index in [4.69, 9.17) is 0 Å². The fourth-order valence-electron chi connectivity index (χ4n) is 4.06. The molecule has 1 saturated heterocycles. The first kappa shape index (κ1) is 20.3. The van der Waals surface area contributed by atoms with Crippen LogP contribution in [0.3, 0.4) is 0 Å². The summed E-state index contributed by atoms with van der Waals surface area (Å²) in [5.74, 6) is -0.772. The minimum absolute atomic E-state index is 0.0402. The fraction of sp³-hybridized carbons (Fsp3) is 0.571. The number of carbonyl (C=O) groups excluding carboxylic acids is 3. The first-order chi connectivity index (χ1) is 13.0. The number of hydrogen-bond donors (Lipinski definition) is 1. The van der Waals surface area contributed by atoms with E-state index < -0.39 is 6.04 Å². The van der Waals surface area contributed by atoms with Gasteiger partial charge in [0, 0.05) is 0 Å². The maximum absolute atomic E-state index is 12.8. The summed E-state index contributed by atoms with van der Waals surface area (Å²) in [4.78, 5) is 38.0. The Morgan fingerprint density at radius 3 is 2.48 bits per heavy atom. The number of imide groups is 1. The monoisotopic (exact) mass is 483 g/mol. The van der Waals surface area contributed by atoms with Gasteiger partial charge in [-0.2, -0.15) is 0 Å². The molecule has 1 atom stereocenters. The van der Waals surface area contributed by atoms with Crippen LogP contribution in [0.2, 0.25) is 0 Å². The third-order valence-electron chi connectivity index (χ3n) is 5.45. The Kier molecular flexibility index (Phi) is 6.89. The molecule has 3 aliphatic rings. The van der Waals surface area contributed by atoms with Crippen molar-refractivity contribution in [1.29, 1.82) is 0 Å². The van der Waals surface area contributed by atoms with Gasteiger partial charge in [0.1, 0.15) is 0 Å². The average molecular weight is 483 g/mol. The summed E-state index contributed by atoms with van der Waals surface area (Å²) in [5, 5.41) is 2.35. The van der Waals surface area contributed by atoms with Crippen LogP contribution in [0.25, 0.3) is 0 Å². The molecule has 1 saturated carbocycles. The molecule has 3 rings (SSSR count). The van der Waals surface area contributed by atoms with Crippen molar-refractivity contribution in [2.24, 2.45) is 0 Å². The van der Waals surface area contributed by atoms with Gasteiger partial charge < -0.3 is 0 Å². The van der Waals surface area contributed by atoms with Crippen molar-refractivity contribution in [2.45, 2.75) is 68.3 Å². The summed E-state index contributed by atoms with van der Waals surface area (Å²) < 4.78 is 2.24.